The molecule has 3 aromatic carbocycles. The fourth-order valence-electron chi connectivity index (χ4n) is 8.72. The SMILES string of the molecule is C=C/C(=N\C(=C)N)C(C)(C)O.CC.CC(C)(O)c1cccc(-n2c3nc(Nc4ccc(N5CCN(Cc6ccc(-c7[nH]c8cc(F)cc9c8c7CCNC9=O)cc6)CC5)cc4)ncc3c(=O)n2CCO)n1.NC(=O)CCO. The van der Waals surface area contributed by atoms with Gasteiger partial charge in [0.15, 0.2) is 11.5 Å². The highest BCUT2D eigenvalue weighted by Gasteiger charge is 2.26. The van der Waals surface area contributed by atoms with Gasteiger partial charge in [-0.3, -0.25) is 19.3 Å². The number of aliphatic hydroxyl groups is 4. The number of fused-ring (bicyclic) bond motifs is 1. The highest BCUT2D eigenvalue weighted by Crippen LogP contribution is 2.35. The van der Waals surface area contributed by atoms with Crippen molar-refractivity contribution in [3.8, 4) is 17.1 Å². The van der Waals surface area contributed by atoms with Crippen LogP contribution in [-0.4, -0.2) is 124 Å². The summed E-state index contributed by atoms with van der Waals surface area (Å²) in [4.78, 5) is 61.3. The number of aromatic amines is 1. The fraction of sp³-hybridized carbons (Fsp3) is 0.339. The Kier molecular flexibility index (Phi) is 19.4. The van der Waals surface area contributed by atoms with Crippen molar-refractivity contribution in [3.05, 3.63) is 149 Å². The number of carbonyl (C=O) groups excluding carboxylic acids is 2. The second-order valence-corrected chi connectivity index (χ2v) is 19.0. The third-order valence-electron chi connectivity index (χ3n) is 12.4. The maximum absolute atomic E-state index is 14.4. The van der Waals surface area contributed by atoms with E-state index in [-0.39, 0.29) is 48.9 Å². The Balaban J connectivity index is 0.000000434. The van der Waals surface area contributed by atoms with Crippen molar-refractivity contribution in [1.29, 1.82) is 0 Å². The molecule has 2 amide bonds. The first-order valence-electron chi connectivity index (χ1n) is 25.3. The van der Waals surface area contributed by atoms with Crippen molar-refractivity contribution >= 4 is 56.8 Å². The van der Waals surface area contributed by atoms with Crippen LogP contribution in [0.4, 0.5) is 21.7 Å². The smallest absolute Gasteiger partial charge is 0.278 e. The van der Waals surface area contributed by atoms with Gasteiger partial charge in [-0.2, -0.15) is 4.98 Å². The number of nitrogens with one attached hydrogen (secondary N) is 3. The van der Waals surface area contributed by atoms with Crippen LogP contribution in [0.25, 0.3) is 39.0 Å². The Morgan fingerprint density at radius 1 is 0.935 bits per heavy atom. The maximum atomic E-state index is 14.4. The van der Waals surface area contributed by atoms with Gasteiger partial charge in [-0.25, -0.2) is 28.7 Å². The number of carbonyl (C=O) groups is 2. The standard InChI is InChI=1S/C43H43FN10O4.C8H14N2O.C3H7NO2.C2H6/c1-43(2,58)35-4-3-5-36(49-35)54-39-33(41(57)53(54)20-21-55)24-46-42(50-39)47-29-10-12-30(13-11-29)52-18-16-51(17-19-52)25-26-6-8-27(9-7-26)38-31-14-15-45-40(56)32-22-28(44)23-34(48-38)37(31)32;1-5-7(8(3,4)11)10-6(2)9;4-3(6)1-2-5;1-2/h3-13,22-24,48,55,58H,14-21,25H2,1-2H3,(H,45,56)(H,46,47,50);5,11H,1-2,9H2,3-4H3;5H,1-2H2,(H2,4,6);1-2H3/b;10-7+;;. The first kappa shape index (κ1) is 58.2. The van der Waals surface area contributed by atoms with Crippen molar-refractivity contribution in [2.75, 3.05) is 56.2 Å². The third-order valence-corrected chi connectivity index (χ3v) is 12.4. The Morgan fingerprint density at radius 2 is 1.62 bits per heavy atom. The van der Waals surface area contributed by atoms with Gasteiger partial charge in [0.1, 0.15) is 28.2 Å². The van der Waals surface area contributed by atoms with Crippen LogP contribution < -0.4 is 32.6 Å². The Bertz CT molecular complexity index is 3290. The van der Waals surface area contributed by atoms with Crippen LogP contribution in [0.3, 0.4) is 0 Å². The molecule has 77 heavy (non-hydrogen) atoms. The van der Waals surface area contributed by atoms with Gasteiger partial charge in [-0.1, -0.05) is 57.3 Å². The number of pyridine rings is 1. The van der Waals surface area contributed by atoms with E-state index in [0.717, 1.165) is 66.3 Å². The summed E-state index contributed by atoms with van der Waals surface area (Å²) in [6.45, 7) is 21.9. The van der Waals surface area contributed by atoms with Crippen molar-refractivity contribution < 1.29 is 34.4 Å². The third kappa shape index (κ3) is 14.4. The number of aromatic nitrogens is 6. The number of piperazine rings is 1. The zero-order valence-corrected chi connectivity index (χ0v) is 44.5. The van der Waals surface area contributed by atoms with Gasteiger partial charge in [0.05, 0.1) is 36.7 Å². The van der Waals surface area contributed by atoms with E-state index >= 15 is 0 Å². The van der Waals surface area contributed by atoms with Gasteiger partial charge in [0, 0.05) is 79.9 Å². The number of hydrogen-bond donors (Lipinski definition) is 9. The number of amides is 2. The molecule has 9 rings (SSSR count). The first-order chi connectivity index (χ1) is 36.7. The highest BCUT2D eigenvalue weighted by molar-refractivity contribution is 6.10. The zero-order chi connectivity index (χ0) is 56.2. The quantitative estimate of drug-likeness (QED) is 0.0571. The molecule has 1 fully saturated rings. The van der Waals surface area contributed by atoms with E-state index in [4.69, 9.17) is 15.8 Å². The van der Waals surface area contributed by atoms with Crippen LogP contribution >= 0.6 is 0 Å². The van der Waals surface area contributed by atoms with Gasteiger partial charge in [-0.05, 0) is 105 Å². The lowest BCUT2D eigenvalue weighted by atomic mass is 9.99. The molecule has 0 saturated carbocycles. The topological polar surface area (TPSA) is 291 Å². The van der Waals surface area contributed by atoms with Crippen LogP contribution in [0.15, 0.2) is 120 Å². The number of nitrogens with two attached hydrogens (primary N) is 2. The average Bonchev–Trinajstić information content (AvgIpc) is 3.88. The summed E-state index contributed by atoms with van der Waals surface area (Å²) >= 11 is 0. The van der Waals surface area contributed by atoms with E-state index in [2.05, 4.69) is 95.7 Å². The summed E-state index contributed by atoms with van der Waals surface area (Å²) in [6, 6.07) is 24.5. The average molecular weight is 1060 g/mol. The van der Waals surface area contributed by atoms with E-state index < -0.39 is 22.9 Å². The van der Waals surface area contributed by atoms with Gasteiger partial charge in [0.25, 0.3) is 11.5 Å². The molecule has 7 aromatic rings. The number of H-pyrrole nitrogens is 1. The monoisotopic (exact) mass is 1060 g/mol. The molecular weight excluding hydrogens is 986 g/mol. The summed E-state index contributed by atoms with van der Waals surface area (Å²) in [5.74, 6) is -0.299. The Labute approximate surface area is 446 Å². The largest absolute Gasteiger partial charge is 0.396 e. The van der Waals surface area contributed by atoms with Crippen LogP contribution in [-0.2, 0) is 29.9 Å². The van der Waals surface area contributed by atoms with Crippen LogP contribution in [0.5, 0.6) is 0 Å². The van der Waals surface area contributed by atoms with Crippen molar-refractivity contribution in [3.63, 3.8) is 0 Å². The van der Waals surface area contributed by atoms with Gasteiger partial charge in [-0.15, -0.1) is 0 Å². The molecule has 0 aliphatic carbocycles. The summed E-state index contributed by atoms with van der Waals surface area (Å²) in [6.07, 6.45) is 3.67. The van der Waals surface area contributed by atoms with E-state index in [0.29, 0.717) is 52.9 Å². The summed E-state index contributed by atoms with van der Waals surface area (Å²) in [7, 11) is 0. The minimum absolute atomic E-state index is 0.0255. The number of aliphatic hydroxyl groups excluding tert-OH is 2. The van der Waals surface area contributed by atoms with Crippen LogP contribution in [0.1, 0.15) is 75.1 Å². The number of aliphatic imine (C=N–C) groups is 1. The highest BCUT2D eigenvalue weighted by atomic mass is 19.1. The van der Waals surface area contributed by atoms with E-state index in [1.54, 1.807) is 50.6 Å². The molecule has 0 unspecified atom stereocenters. The minimum atomic E-state index is -1.20. The predicted octanol–water partition coefficient (Wildman–Crippen LogP) is 5.53. The molecule has 4 aromatic heterocycles. The van der Waals surface area contributed by atoms with E-state index in [1.807, 2.05) is 26.0 Å². The second-order valence-electron chi connectivity index (χ2n) is 19.0. The Hall–Kier alpha value is -8.08. The van der Waals surface area contributed by atoms with Crippen molar-refractivity contribution in [2.24, 2.45) is 16.5 Å². The van der Waals surface area contributed by atoms with Crippen LogP contribution in [0, 0.1) is 5.82 Å². The summed E-state index contributed by atoms with van der Waals surface area (Å²) in [5, 5.41) is 44.9. The molecule has 408 valence electrons. The lowest BCUT2D eigenvalue weighted by molar-refractivity contribution is -0.118. The summed E-state index contributed by atoms with van der Waals surface area (Å²) in [5.41, 5.74) is 15.5. The minimum Gasteiger partial charge on any atom is -0.396 e. The normalized spacial score (nSPS) is 13.8. The molecular formula is C56H70FN13O7. The molecule has 20 nitrogen and oxygen atoms in total. The number of benzene rings is 3. The molecule has 2 aliphatic heterocycles. The maximum Gasteiger partial charge on any atom is 0.278 e. The number of rotatable bonds is 15. The Morgan fingerprint density at radius 3 is 2.19 bits per heavy atom. The van der Waals surface area contributed by atoms with Gasteiger partial charge >= 0.3 is 0 Å². The number of primary amides is 1. The van der Waals surface area contributed by atoms with Gasteiger partial charge in [0.2, 0.25) is 11.9 Å². The number of nitrogens with zero attached hydrogens (tertiary/aromatic N) is 8. The number of hydrogen-bond acceptors (Lipinski definition) is 15. The molecule has 0 atom stereocenters. The molecule has 2 aliphatic rings. The lowest BCUT2D eigenvalue weighted by Crippen LogP contribution is -2.45. The summed E-state index contributed by atoms with van der Waals surface area (Å²) < 4.78 is 17.3. The molecule has 0 spiro atoms. The van der Waals surface area contributed by atoms with E-state index in [9.17, 15) is 34.1 Å². The predicted molar refractivity (Wildman–Crippen MR) is 300 cm³/mol. The molecule has 0 bridgehead atoms. The molecule has 0 radical (unpaired) electrons. The second kappa shape index (κ2) is 25.6. The van der Waals surface area contributed by atoms with Gasteiger partial charge < -0.3 is 52.4 Å². The molecule has 6 heterocycles. The lowest BCUT2D eigenvalue weighted by Gasteiger charge is -2.36. The fourth-order valence-corrected chi connectivity index (χ4v) is 8.72. The van der Waals surface area contributed by atoms with Crippen LogP contribution in [0.2, 0.25) is 0 Å². The molecule has 21 heteroatoms. The van der Waals surface area contributed by atoms with Crippen molar-refractivity contribution in [2.45, 2.75) is 78.7 Å². The van der Waals surface area contributed by atoms with Crippen molar-refractivity contribution in [1.82, 2.24) is 39.5 Å². The molecule has 1 saturated heterocycles. The number of anilines is 3. The van der Waals surface area contributed by atoms with E-state index in [1.165, 1.54) is 34.7 Å². The first-order valence-corrected chi connectivity index (χ1v) is 25.3. The number of halogens is 1. The zero-order valence-electron chi connectivity index (χ0n) is 44.5. The molecule has 11 N–H and O–H groups in total.